The zero-order chi connectivity index (χ0) is 10.5. The molecule has 1 amide bonds. The van der Waals surface area contributed by atoms with E-state index in [0.29, 0.717) is 18.8 Å². The summed E-state index contributed by atoms with van der Waals surface area (Å²) >= 11 is 1.41. The van der Waals surface area contributed by atoms with Gasteiger partial charge in [0, 0.05) is 25.0 Å². The number of thiazole rings is 1. The summed E-state index contributed by atoms with van der Waals surface area (Å²) < 4.78 is 5.45. The number of aromatic nitrogens is 1. The third kappa shape index (κ3) is 2.98. The molecule has 2 N–H and O–H groups in total. The van der Waals surface area contributed by atoms with Crippen molar-refractivity contribution in [2.75, 3.05) is 26.2 Å². The Hall–Kier alpha value is -0.980. The van der Waals surface area contributed by atoms with Crippen molar-refractivity contribution in [3.63, 3.8) is 0 Å². The van der Waals surface area contributed by atoms with Gasteiger partial charge in [0.15, 0.2) is 0 Å². The fraction of sp³-hybridized carbons (Fsp3) is 0.556. The molecule has 1 fully saturated rings. The molecule has 1 aliphatic heterocycles. The third-order valence-corrected chi connectivity index (χ3v) is 2.75. The fourth-order valence-corrected chi connectivity index (χ4v) is 1.90. The Morgan fingerprint density at radius 2 is 2.73 bits per heavy atom. The largest absolute Gasteiger partial charge is 0.374 e. The molecular weight excluding hydrogens is 214 g/mol. The van der Waals surface area contributed by atoms with Gasteiger partial charge in [-0.05, 0) is 0 Å². The molecule has 15 heavy (non-hydrogen) atoms. The van der Waals surface area contributed by atoms with E-state index in [-0.39, 0.29) is 12.0 Å². The van der Waals surface area contributed by atoms with E-state index in [1.165, 1.54) is 11.3 Å². The summed E-state index contributed by atoms with van der Waals surface area (Å²) in [6.45, 7) is 2.91. The Morgan fingerprint density at radius 3 is 3.40 bits per heavy atom. The van der Waals surface area contributed by atoms with Crippen LogP contribution in [0.1, 0.15) is 10.5 Å². The van der Waals surface area contributed by atoms with E-state index in [0.717, 1.165) is 13.1 Å². The highest BCUT2D eigenvalue weighted by molar-refractivity contribution is 7.07. The van der Waals surface area contributed by atoms with Crippen LogP contribution >= 0.6 is 11.3 Å². The van der Waals surface area contributed by atoms with Gasteiger partial charge in [0.2, 0.25) is 0 Å². The van der Waals surface area contributed by atoms with Crippen LogP contribution in [-0.2, 0) is 4.74 Å². The number of carbonyl (C=O) groups excluding carboxylic acids is 1. The van der Waals surface area contributed by atoms with E-state index in [1.54, 1.807) is 10.9 Å². The lowest BCUT2D eigenvalue weighted by Gasteiger charge is -2.23. The average molecular weight is 227 g/mol. The molecule has 0 saturated carbocycles. The van der Waals surface area contributed by atoms with Gasteiger partial charge in [-0.25, -0.2) is 4.98 Å². The smallest absolute Gasteiger partial charge is 0.270 e. The van der Waals surface area contributed by atoms with Gasteiger partial charge in [0.1, 0.15) is 5.69 Å². The number of hydrogen-bond donors (Lipinski definition) is 2. The number of carbonyl (C=O) groups is 1. The average Bonchev–Trinajstić information content (AvgIpc) is 2.81. The number of nitrogens with one attached hydrogen (secondary N) is 2. The van der Waals surface area contributed by atoms with Crippen molar-refractivity contribution in [3.8, 4) is 0 Å². The Kier molecular flexibility index (Phi) is 3.65. The molecular formula is C9H13N3O2S. The first-order valence-corrected chi connectivity index (χ1v) is 5.79. The van der Waals surface area contributed by atoms with Gasteiger partial charge >= 0.3 is 0 Å². The lowest BCUT2D eigenvalue weighted by atomic mass is 10.3. The summed E-state index contributed by atoms with van der Waals surface area (Å²) in [5, 5.41) is 7.73. The number of morpholine rings is 1. The topological polar surface area (TPSA) is 63.2 Å². The van der Waals surface area contributed by atoms with Crippen LogP contribution in [0.4, 0.5) is 0 Å². The number of nitrogens with zero attached hydrogens (tertiary/aromatic N) is 1. The minimum atomic E-state index is -0.134. The van der Waals surface area contributed by atoms with Crippen LogP contribution in [0.15, 0.2) is 10.9 Å². The molecule has 1 aromatic heterocycles. The van der Waals surface area contributed by atoms with Crippen LogP contribution in [0.3, 0.4) is 0 Å². The van der Waals surface area contributed by atoms with Crippen molar-refractivity contribution in [3.05, 3.63) is 16.6 Å². The highest BCUT2D eigenvalue weighted by Gasteiger charge is 2.15. The van der Waals surface area contributed by atoms with Crippen molar-refractivity contribution in [1.29, 1.82) is 0 Å². The van der Waals surface area contributed by atoms with Crippen molar-refractivity contribution >= 4 is 17.2 Å². The van der Waals surface area contributed by atoms with Crippen LogP contribution in [0.5, 0.6) is 0 Å². The molecule has 0 aromatic carbocycles. The molecule has 0 spiro atoms. The second kappa shape index (κ2) is 5.20. The molecule has 0 bridgehead atoms. The van der Waals surface area contributed by atoms with Crippen LogP contribution in [-0.4, -0.2) is 43.2 Å². The molecule has 5 nitrogen and oxygen atoms in total. The third-order valence-electron chi connectivity index (χ3n) is 2.16. The highest BCUT2D eigenvalue weighted by atomic mass is 32.1. The van der Waals surface area contributed by atoms with Gasteiger partial charge < -0.3 is 15.4 Å². The quantitative estimate of drug-likeness (QED) is 0.754. The number of hydrogen-bond acceptors (Lipinski definition) is 5. The summed E-state index contributed by atoms with van der Waals surface area (Å²) in [6, 6.07) is 0. The van der Waals surface area contributed by atoms with E-state index in [1.807, 2.05) is 0 Å². The predicted octanol–water partition coefficient (Wildman–Crippen LogP) is -0.139. The van der Waals surface area contributed by atoms with Crippen molar-refractivity contribution in [1.82, 2.24) is 15.6 Å². The van der Waals surface area contributed by atoms with E-state index < -0.39 is 0 Å². The van der Waals surface area contributed by atoms with E-state index in [9.17, 15) is 4.79 Å². The van der Waals surface area contributed by atoms with Gasteiger partial charge in [-0.1, -0.05) is 0 Å². The zero-order valence-electron chi connectivity index (χ0n) is 8.23. The molecule has 0 radical (unpaired) electrons. The van der Waals surface area contributed by atoms with E-state index in [2.05, 4.69) is 15.6 Å². The second-order valence-corrected chi connectivity index (χ2v) is 4.00. The van der Waals surface area contributed by atoms with Gasteiger partial charge in [-0.15, -0.1) is 11.3 Å². The van der Waals surface area contributed by atoms with Gasteiger partial charge in [-0.2, -0.15) is 0 Å². The first-order valence-electron chi connectivity index (χ1n) is 4.85. The number of amides is 1. The summed E-state index contributed by atoms with van der Waals surface area (Å²) in [5.41, 5.74) is 2.12. The van der Waals surface area contributed by atoms with Gasteiger partial charge in [-0.3, -0.25) is 4.79 Å². The van der Waals surface area contributed by atoms with E-state index >= 15 is 0 Å². The molecule has 2 rings (SSSR count). The maximum Gasteiger partial charge on any atom is 0.270 e. The second-order valence-electron chi connectivity index (χ2n) is 3.28. The summed E-state index contributed by atoms with van der Waals surface area (Å²) in [6.07, 6.45) is 0.0707. The lowest BCUT2D eigenvalue weighted by Crippen LogP contribution is -2.45. The minimum Gasteiger partial charge on any atom is -0.374 e. The van der Waals surface area contributed by atoms with Crippen molar-refractivity contribution in [2.45, 2.75) is 6.10 Å². The molecule has 1 atom stereocenters. The Balaban J connectivity index is 1.75. The minimum absolute atomic E-state index is 0.0707. The van der Waals surface area contributed by atoms with Crippen LogP contribution < -0.4 is 10.6 Å². The van der Waals surface area contributed by atoms with Gasteiger partial charge in [0.05, 0.1) is 18.2 Å². The molecule has 82 valence electrons. The Labute approximate surface area is 91.9 Å². The Bertz CT molecular complexity index is 309. The molecule has 1 unspecified atom stereocenters. The van der Waals surface area contributed by atoms with Crippen LogP contribution in [0.2, 0.25) is 0 Å². The zero-order valence-corrected chi connectivity index (χ0v) is 9.05. The van der Waals surface area contributed by atoms with Crippen LogP contribution in [0, 0.1) is 0 Å². The molecule has 0 aliphatic carbocycles. The molecule has 2 heterocycles. The number of rotatable bonds is 3. The van der Waals surface area contributed by atoms with Crippen LogP contribution in [0.25, 0.3) is 0 Å². The summed E-state index contributed by atoms with van der Waals surface area (Å²) in [5.74, 6) is -0.134. The molecule has 1 aromatic rings. The molecule has 1 aliphatic rings. The first kappa shape index (κ1) is 10.5. The fourth-order valence-electron chi connectivity index (χ4n) is 1.37. The SMILES string of the molecule is O=C(NCC1CNCCO1)c1cscn1. The lowest BCUT2D eigenvalue weighted by molar-refractivity contribution is 0.0287. The van der Waals surface area contributed by atoms with Gasteiger partial charge in [0.25, 0.3) is 5.91 Å². The maximum atomic E-state index is 11.5. The first-order chi connectivity index (χ1) is 7.36. The maximum absolute atomic E-state index is 11.5. The standard InChI is InChI=1S/C9H13N3O2S/c13-9(8-5-15-6-12-8)11-4-7-3-10-1-2-14-7/h5-7,10H,1-4H2,(H,11,13). The Morgan fingerprint density at radius 1 is 1.80 bits per heavy atom. The molecule has 1 saturated heterocycles. The normalized spacial score (nSPS) is 21.2. The summed E-state index contributed by atoms with van der Waals surface area (Å²) in [7, 11) is 0. The van der Waals surface area contributed by atoms with Crippen molar-refractivity contribution in [2.24, 2.45) is 0 Å². The van der Waals surface area contributed by atoms with Crippen molar-refractivity contribution < 1.29 is 9.53 Å². The highest BCUT2D eigenvalue weighted by Crippen LogP contribution is 2.01. The number of ether oxygens (including phenoxy) is 1. The summed E-state index contributed by atoms with van der Waals surface area (Å²) in [4.78, 5) is 15.4. The predicted molar refractivity (Wildman–Crippen MR) is 57.1 cm³/mol. The molecule has 6 heteroatoms. The van der Waals surface area contributed by atoms with E-state index in [4.69, 9.17) is 4.74 Å². The monoisotopic (exact) mass is 227 g/mol.